The van der Waals surface area contributed by atoms with E-state index in [-0.39, 0.29) is 17.6 Å². The molecule has 0 saturated heterocycles. The first-order valence-electron chi connectivity index (χ1n) is 8.15. The molecule has 0 aliphatic carbocycles. The molecule has 0 fully saturated rings. The maximum absolute atomic E-state index is 12.0. The SMILES string of the molecule is CC(C)(C)C(=O)NCCCC(=O)Nc1cccc(CSCC(=O)O)c1. The van der Waals surface area contributed by atoms with E-state index >= 15 is 0 Å². The van der Waals surface area contributed by atoms with E-state index < -0.39 is 11.4 Å². The number of carbonyl (C=O) groups is 3. The summed E-state index contributed by atoms with van der Waals surface area (Å²) in [6.07, 6.45) is 0.893. The van der Waals surface area contributed by atoms with Crippen LogP contribution >= 0.6 is 11.8 Å². The van der Waals surface area contributed by atoms with Gasteiger partial charge in [-0.15, -0.1) is 11.8 Å². The molecule has 2 amide bonds. The summed E-state index contributed by atoms with van der Waals surface area (Å²) < 4.78 is 0. The van der Waals surface area contributed by atoms with Gasteiger partial charge in [0.1, 0.15) is 0 Å². The minimum absolute atomic E-state index is 0.0283. The summed E-state index contributed by atoms with van der Waals surface area (Å²) in [5.41, 5.74) is 1.22. The molecule has 6 nitrogen and oxygen atoms in total. The van der Waals surface area contributed by atoms with Gasteiger partial charge in [-0.3, -0.25) is 14.4 Å². The number of nitrogens with one attached hydrogen (secondary N) is 2. The fourth-order valence-corrected chi connectivity index (χ4v) is 2.63. The number of rotatable bonds is 9. The molecule has 0 atom stereocenters. The third-order valence-corrected chi connectivity index (χ3v) is 4.24. The van der Waals surface area contributed by atoms with Crippen molar-refractivity contribution in [3.05, 3.63) is 29.8 Å². The molecule has 7 heteroatoms. The molecule has 0 saturated carbocycles. The van der Waals surface area contributed by atoms with Gasteiger partial charge in [0.05, 0.1) is 5.75 Å². The Morgan fingerprint density at radius 3 is 2.56 bits per heavy atom. The molecule has 0 aliphatic heterocycles. The molecule has 138 valence electrons. The molecule has 1 rings (SSSR count). The molecule has 25 heavy (non-hydrogen) atoms. The first-order chi connectivity index (χ1) is 11.7. The predicted octanol–water partition coefficient (Wildman–Crippen LogP) is 2.89. The average molecular weight is 366 g/mol. The number of amides is 2. The number of benzene rings is 1. The van der Waals surface area contributed by atoms with Crippen LogP contribution in [0.5, 0.6) is 0 Å². The lowest BCUT2D eigenvalue weighted by Gasteiger charge is -2.17. The van der Waals surface area contributed by atoms with Crippen molar-refractivity contribution in [3.8, 4) is 0 Å². The molecule has 1 aromatic rings. The Bertz CT molecular complexity index is 611. The Labute approximate surface area is 152 Å². The van der Waals surface area contributed by atoms with E-state index in [9.17, 15) is 14.4 Å². The maximum atomic E-state index is 12.0. The van der Waals surface area contributed by atoms with Gasteiger partial charge in [0.2, 0.25) is 11.8 Å². The molecule has 3 N–H and O–H groups in total. The summed E-state index contributed by atoms with van der Waals surface area (Å²) in [5, 5.41) is 14.3. The summed E-state index contributed by atoms with van der Waals surface area (Å²) in [4.78, 5) is 34.2. The van der Waals surface area contributed by atoms with Gasteiger partial charge < -0.3 is 15.7 Å². The third kappa shape index (κ3) is 9.14. The van der Waals surface area contributed by atoms with E-state index in [2.05, 4.69) is 10.6 Å². The monoisotopic (exact) mass is 366 g/mol. The lowest BCUT2D eigenvalue weighted by atomic mass is 9.96. The predicted molar refractivity (Wildman–Crippen MR) is 101 cm³/mol. The van der Waals surface area contributed by atoms with Crippen molar-refractivity contribution in [1.29, 1.82) is 0 Å². The van der Waals surface area contributed by atoms with E-state index in [4.69, 9.17) is 5.11 Å². The number of thioether (sulfide) groups is 1. The van der Waals surface area contributed by atoms with Crippen LogP contribution in [0.3, 0.4) is 0 Å². The summed E-state index contributed by atoms with van der Waals surface area (Å²) in [7, 11) is 0. The zero-order chi connectivity index (χ0) is 18.9. The van der Waals surface area contributed by atoms with E-state index in [1.807, 2.05) is 39.0 Å². The van der Waals surface area contributed by atoms with Crippen molar-refractivity contribution >= 4 is 35.2 Å². The van der Waals surface area contributed by atoms with E-state index in [0.29, 0.717) is 30.8 Å². The van der Waals surface area contributed by atoms with Gasteiger partial charge >= 0.3 is 5.97 Å². The van der Waals surface area contributed by atoms with Crippen LogP contribution in [0.15, 0.2) is 24.3 Å². The molecular weight excluding hydrogens is 340 g/mol. The van der Waals surface area contributed by atoms with Crippen LogP contribution in [0.25, 0.3) is 0 Å². The number of hydrogen-bond donors (Lipinski definition) is 3. The van der Waals surface area contributed by atoms with Crippen LogP contribution in [0.4, 0.5) is 5.69 Å². The highest BCUT2D eigenvalue weighted by molar-refractivity contribution is 7.99. The minimum atomic E-state index is -0.840. The second-order valence-electron chi connectivity index (χ2n) is 6.74. The lowest BCUT2D eigenvalue weighted by Crippen LogP contribution is -2.35. The Morgan fingerprint density at radius 1 is 1.20 bits per heavy atom. The highest BCUT2D eigenvalue weighted by atomic mass is 32.2. The van der Waals surface area contributed by atoms with Crippen LogP contribution in [0, 0.1) is 5.41 Å². The lowest BCUT2D eigenvalue weighted by molar-refractivity contribution is -0.134. The van der Waals surface area contributed by atoms with Gasteiger partial charge in [-0.2, -0.15) is 0 Å². The van der Waals surface area contributed by atoms with Crippen molar-refractivity contribution in [2.24, 2.45) is 5.41 Å². The summed E-state index contributed by atoms with van der Waals surface area (Å²) in [6.45, 7) is 6.00. The number of anilines is 1. The zero-order valence-corrected chi connectivity index (χ0v) is 15.7. The molecule has 0 spiro atoms. The van der Waals surface area contributed by atoms with Gasteiger partial charge in [0, 0.05) is 29.8 Å². The zero-order valence-electron chi connectivity index (χ0n) is 14.9. The highest BCUT2D eigenvalue weighted by Gasteiger charge is 2.20. The van der Waals surface area contributed by atoms with Crippen molar-refractivity contribution in [2.45, 2.75) is 39.4 Å². The third-order valence-electron chi connectivity index (χ3n) is 3.25. The van der Waals surface area contributed by atoms with Crippen LogP contribution in [-0.4, -0.2) is 35.2 Å². The summed E-state index contributed by atoms with van der Waals surface area (Å²) >= 11 is 1.31. The topological polar surface area (TPSA) is 95.5 Å². The van der Waals surface area contributed by atoms with Crippen LogP contribution in [0.1, 0.15) is 39.2 Å². The second kappa shape index (κ2) is 10.1. The van der Waals surface area contributed by atoms with E-state index in [1.54, 1.807) is 6.07 Å². The molecular formula is C18H26N2O4S. The smallest absolute Gasteiger partial charge is 0.313 e. The molecule has 0 heterocycles. The Kier molecular flexibility index (Phi) is 8.48. The van der Waals surface area contributed by atoms with Gasteiger partial charge in [0.25, 0.3) is 0 Å². The van der Waals surface area contributed by atoms with Crippen LogP contribution in [-0.2, 0) is 20.1 Å². The minimum Gasteiger partial charge on any atom is -0.481 e. The summed E-state index contributed by atoms with van der Waals surface area (Å²) in [5.74, 6) is -0.348. The molecule has 0 radical (unpaired) electrons. The Morgan fingerprint density at radius 2 is 1.92 bits per heavy atom. The molecule has 0 aliphatic rings. The van der Waals surface area contributed by atoms with Crippen molar-refractivity contribution < 1.29 is 19.5 Å². The quantitative estimate of drug-likeness (QED) is 0.584. The molecule has 1 aromatic carbocycles. The fraction of sp³-hybridized carbons (Fsp3) is 0.500. The largest absolute Gasteiger partial charge is 0.481 e. The standard InChI is InChI=1S/C18H26N2O4S/c1-18(2,3)17(24)19-9-5-8-15(21)20-14-7-4-6-13(10-14)11-25-12-16(22)23/h4,6-7,10H,5,8-9,11-12H2,1-3H3,(H,19,24)(H,20,21)(H,22,23). The van der Waals surface area contributed by atoms with Crippen molar-refractivity contribution in [3.63, 3.8) is 0 Å². The van der Waals surface area contributed by atoms with Crippen molar-refractivity contribution in [1.82, 2.24) is 5.32 Å². The number of hydrogen-bond acceptors (Lipinski definition) is 4. The summed E-state index contributed by atoms with van der Waals surface area (Å²) in [6, 6.07) is 7.36. The Balaban J connectivity index is 2.34. The maximum Gasteiger partial charge on any atom is 0.313 e. The highest BCUT2D eigenvalue weighted by Crippen LogP contribution is 2.17. The molecule has 0 bridgehead atoms. The second-order valence-corrected chi connectivity index (χ2v) is 7.73. The van der Waals surface area contributed by atoms with E-state index in [0.717, 1.165) is 5.56 Å². The molecule has 0 aromatic heterocycles. The first kappa shape index (κ1) is 21.0. The van der Waals surface area contributed by atoms with Gasteiger partial charge in [-0.05, 0) is 24.1 Å². The van der Waals surface area contributed by atoms with E-state index in [1.165, 1.54) is 11.8 Å². The van der Waals surface area contributed by atoms with Crippen molar-refractivity contribution in [2.75, 3.05) is 17.6 Å². The van der Waals surface area contributed by atoms with Gasteiger partial charge in [-0.25, -0.2) is 0 Å². The number of carboxylic acids is 1. The number of carbonyl (C=O) groups excluding carboxylic acids is 2. The first-order valence-corrected chi connectivity index (χ1v) is 9.30. The number of carboxylic acid groups (broad SMARTS) is 1. The average Bonchev–Trinajstić information content (AvgIpc) is 2.50. The van der Waals surface area contributed by atoms with Crippen LogP contribution in [0.2, 0.25) is 0 Å². The molecule has 0 unspecified atom stereocenters. The Hall–Kier alpha value is -2.02. The fourth-order valence-electron chi connectivity index (χ4n) is 1.93. The van der Waals surface area contributed by atoms with Gasteiger partial charge in [-0.1, -0.05) is 32.9 Å². The van der Waals surface area contributed by atoms with Gasteiger partial charge in [0.15, 0.2) is 0 Å². The normalized spacial score (nSPS) is 11.0. The number of aliphatic carboxylic acids is 1. The van der Waals surface area contributed by atoms with Crippen LogP contribution < -0.4 is 10.6 Å².